The topological polar surface area (TPSA) is 50.7 Å². The highest BCUT2D eigenvalue weighted by Gasteiger charge is 2.23. The lowest BCUT2D eigenvalue weighted by Gasteiger charge is -2.09. The molecule has 2 heterocycles. The van der Waals surface area contributed by atoms with E-state index in [1.165, 1.54) is 16.9 Å². The van der Waals surface area contributed by atoms with Crippen molar-refractivity contribution >= 4 is 34.6 Å². The molecule has 0 aliphatic carbocycles. The summed E-state index contributed by atoms with van der Waals surface area (Å²) < 4.78 is 0. The third-order valence-electron chi connectivity index (χ3n) is 3.43. The fraction of sp³-hybridized carbons (Fsp3) is 0.250. The largest absolute Gasteiger partial charge is 0.390 e. The number of nitrogens with one attached hydrogen (secondary N) is 1. The zero-order valence-electron chi connectivity index (χ0n) is 12.0. The van der Waals surface area contributed by atoms with E-state index in [4.69, 9.17) is 16.4 Å². The van der Waals surface area contributed by atoms with Crippen molar-refractivity contribution in [2.75, 3.05) is 6.54 Å². The molecule has 1 aromatic heterocycles. The summed E-state index contributed by atoms with van der Waals surface area (Å²) in [6, 6.07) is 9.87. The first-order chi connectivity index (χ1) is 10.6. The van der Waals surface area contributed by atoms with E-state index < -0.39 is 0 Å². The molecule has 0 saturated heterocycles. The first kappa shape index (κ1) is 15.1. The second kappa shape index (κ2) is 6.50. The van der Waals surface area contributed by atoms with Gasteiger partial charge in [-0.15, -0.1) is 11.3 Å². The van der Waals surface area contributed by atoms with Crippen molar-refractivity contribution in [3.8, 4) is 0 Å². The molecule has 1 amide bonds. The molecule has 0 spiro atoms. The Morgan fingerprint density at radius 3 is 2.86 bits per heavy atom. The maximum Gasteiger partial charge on any atom is 0.263 e. The van der Waals surface area contributed by atoms with Crippen LogP contribution < -0.4 is 5.32 Å². The van der Waals surface area contributed by atoms with Crippen molar-refractivity contribution in [3.63, 3.8) is 0 Å². The number of halogens is 1. The molecule has 0 radical (unpaired) electrons. The number of amides is 1. The lowest BCUT2D eigenvalue weighted by molar-refractivity contribution is 0.0756. The summed E-state index contributed by atoms with van der Waals surface area (Å²) in [4.78, 5) is 17.9. The Labute approximate surface area is 137 Å². The number of aryl methyl sites for hydroxylation is 1. The van der Waals surface area contributed by atoms with E-state index in [9.17, 15) is 4.79 Å². The van der Waals surface area contributed by atoms with Gasteiger partial charge in [-0.1, -0.05) is 46.6 Å². The molecular weight excluding hydrogens is 320 g/mol. The van der Waals surface area contributed by atoms with Gasteiger partial charge in [0.05, 0.1) is 17.3 Å². The summed E-state index contributed by atoms with van der Waals surface area (Å²) in [5.74, 6) is -0.174. The average Bonchev–Trinajstić information content (AvgIpc) is 3.14. The molecule has 1 aliphatic heterocycles. The Morgan fingerprint density at radius 2 is 2.18 bits per heavy atom. The second-order valence-electron chi connectivity index (χ2n) is 5.14. The monoisotopic (exact) mass is 334 g/mol. The molecule has 1 aliphatic rings. The maximum atomic E-state index is 12.0. The summed E-state index contributed by atoms with van der Waals surface area (Å²) in [6.07, 6.45) is 0.542. The van der Waals surface area contributed by atoms with Crippen molar-refractivity contribution in [3.05, 3.63) is 56.7 Å². The Balaban J connectivity index is 1.53. The van der Waals surface area contributed by atoms with Crippen LogP contribution in [0, 0.1) is 6.92 Å². The molecule has 1 aromatic carbocycles. The number of carbonyl (C=O) groups excluding carboxylic acids is 1. The minimum absolute atomic E-state index is 0.140. The van der Waals surface area contributed by atoms with Crippen LogP contribution in [-0.4, -0.2) is 24.3 Å². The van der Waals surface area contributed by atoms with Crippen molar-refractivity contribution < 1.29 is 9.63 Å². The summed E-state index contributed by atoms with van der Waals surface area (Å²) in [5, 5.41) is 9.23. The Morgan fingerprint density at radius 1 is 1.41 bits per heavy atom. The van der Waals surface area contributed by atoms with E-state index in [1.54, 1.807) is 11.4 Å². The quantitative estimate of drug-likeness (QED) is 0.928. The van der Waals surface area contributed by atoms with E-state index in [0.29, 0.717) is 22.9 Å². The average molecular weight is 335 g/mol. The molecule has 2 aromatic rings. The molecule has 22 heavy (non-hydrogen) atoms. The minimum Gasteiger partial charge on any atom is -0.390 e. The van der Waals surface area contributed by atoms with Gasteiger partial charge in [-0.25, -0.2) is 0 Å². The lowest BCUT2D eigenvalue weighted by Crippen LogP contribution is -2.32. The van der Waals surface area contributed by atoms with Gasteiger partial charge in [0, 0.05) is 6.42 Å². The van der Waals surface area contributed by atoms with Gasteiger partial charge in [0.2, 0.25) is 0 Å². The number of benzene rings is 1. The normalized spacial score (nSPS) is 17.0. The van der Waals surface area contributed by atoms with Gasteiger partial charge in [-0.05, 0) is 23.9 Å². The number of hydrogen-bond donors (Lipinski definition) is 1. The van der Waals surface area contributed by atoms with E-state index in [1.807, 2.05) is 31.2 Å². The van der Waals surface area contributed by atoms with Crippen LogP contribution in [0.25, 0.3) is 0 Å². The van der Waals surface area contributed by atoms with Crippen molar-refractivity contribution in [2.45, 2.75) is 19.4 Å². The van der Waals surface area contributed by atoms with Crippen LogP contribution in [0.15, 0.2) is 40.9 Å². The van der Waals surface area contributed by atoms with Crippen LogP contribution in [0.3, 0.4) is 0 Å². The standard InChI is InChI=1S/C16H15ClN2O2S/c1-10-2-4-11(5-3-10)14-8-12(21-19-14)9-18-16(20)15-13(17)6-7-22-15/h2-7,12H,8-9H2,1H3,(H,18,20)/t12-/m1/s1. The number of oxime groups is 1. The lowest BCUT2D eigenvalue weighted by atomic mass is 10.0. The molecule has 0 saturated carbocycles. The Kier molecular flexibility index (Phi) is 4.45. The fourth-order valence-corrected chi connectivity index (χ4v) is 3.25. The predicted octanol–water partition coefficient (Wildman–Crippen LogP) is 3.63. The molecule has 1 N–H and O–H groups in total. The van der Waals surface area contributed by atoms with Crippen LogP contribution in [0.5, 0.6) is 0 Å². The number of hydrogen-bond acceptors (Lipinski definition) is 4. The SMILES string of the molecule is Cc1ccc(C2=NO[C@@H](CNC(=O)c3sccc3Cl)C2)cc1. The first-order valence-corrected chi connectivity index (χ1v) is 8.20. The molecule has 114 valence electrons. The van der Waals surface area contributed by atoms with E-state index in [0.717, 1.165) is 11.3 Å². The molecule has 0 bridgehead atoms. The van der Waals surface area contributed by atoms with Crippen molar-refractivity contribution in [1.82, 2.24) is 5.32 Å². The zero-order chi connectivity index (χ0) is 15.5. The van der Waals surface area contributed by atoms with Gasteiger partial charge in [0.15, 0.2) is 0 Å². The molecule has 3 rings (SSSR count). The molecule has 0 fully saturated rings. The summed E-state index contributed by atoms with van der Waals surface area (Å²) in [6.45, 7) is 2.46. The number of thiophene rings is 1. The van der Waals surface area contributed by atoms with Crippen LogP contribution in [0.4, 0.5) is 0 Å². The third-order valence-corrected chi connectivity index (χ3v) is 4.77. The highest BCUT2D eigenvalue weighted by molar-refractivity contribution is 7.12. The van der Waals surface area contributed by atoms with Gasteiger partial charge in [-0.2, -0.15) is 0 Å². The maximum absolute atomic E-state index is 12.0. The predicted molar refractivity (Wildman–Crippen MR) is 88.9 cm³/mol. The van der Waals surface area contributed by atoms with E-state index in [-0.39, 0.29) is 12.0 Å². The molecule has 6 heteroatoms. The van der Waals surface area contributed by atoms with Gasteiger partial charge in [0.1, 0.15) is 11.0 Å². The number of rotatable bonds is 4. The van der Waals surface area contributed by atoms with Gasteiger partial charge in [-0.3, -0.25) is 4.79 Å². The highest BCUT2D eigenvalue weighted by atomic mass is 35.5. The smallest absolute Gasteiger partial charge is 0.263 e. The molecule has 0 unspecified atom stereocenters. The van der Waals surface area contributed by atoms with Gasteiger partial charge < -0.3 is 10.2 Å². The number of carbonyl (C=O) groups is 1. The fourth-order valence-electron chi connectivity index (χ4n) is 2.20. The zero-order valence-corrected chi connectivity index (χ0v) is 13.6. The van der Waals surface area contributed by atoms with Crippen LogP contribution >= 0.6 is 22.9 Å². The summed E-state index contributed by atoms with van der Waals surface area (Å²) >= 11 is 7.27. The van der Waals surface area contributed by atoms with Crippen LogP contribution in [-0.2, 0) is 4.84 Å². The minimum atomic E-state index is -0.174. The molecule has 1 atom stereocenters. The first-order valence-electron chi connectivity index (χ1n) is 6.94. The van der Waals surface area contributed by atoms with E-state index in [2.05, 4.69) is 10.5 Å². The van der Waals surface area contributed by atoms with E-state index >= 15 is 0 Å². The van der Waals surface area contributed by atoms with Gasteiger partial charge >= 0.3 is 0 Å². The number of nitrogens with zero attached hydrogens (tertiary/aromatic N) is 1. The summed E-state index contributed by atoms with van der Waals surface area (Å²) in [7, 11) is 0. The van der Waals surface area contributed by atoms with Crippen molar-refractivity contribution in [2.24, 2.45) is 5.16 Å². The highest BCUT2D eigenvalue weighted by Crippen LogP contribution is 2.22. The third kappa shape index (κ3) is 3.31. The van der Waals surface area contributed by atoms with Crippen LogP contribution in [0.1, 0.15) is 27.2 Å². The van der Waals surface area contributed by atoms with Crippen LogP contribution in [0.2, 0.25) is 5.02 Å². The Hall–Kier alpha value is -1.85. The Bertz CT molecular complexity index is 709. The second-order valence-corrected chi connectivity index (χ2v) is 6.47. The molecule has 4 nitrogen and oxygen atoms in total. The summed E-state index contributed by atoms with van der Waals surface area (Å²) in [5.41, 5.74) is 3.18. The van der Waals surface area contributed by atoms with Crippen molar-refractivity contribution in [1.29, 1.82) is 0 Å². The molecular formula is C16H15ClN2O2S. The van der Waals surface area contributed by atoms with Gasteiger partial charge in [0.25, 0.3) is 5.91 Å².